The third-order valence-corrected chi connectivity index (χ3v) is 5.06. The lowest BCUT2D eigenvalue weighted by atomic mass is 10.0. The summed E-state index contributed by atoms with van der Waals surface area (Å²) in [7, 11) is 3.82. The average Bonchev–Trinajstić information content (AvgIpc) is 3.44. The van der Waals surface area contributed by atoms with Crippen molar-refractivity contribution in [1.29, 1.82) is 0 Å². The molecule has 1 fully saturated rings. The van der Waals surface area contributed by atoms with Gasteiger partial charge in [0.05, 0.1) is 5.56 Å². The van der Waals surface area contributed by atoms with E-state index in [2.05, 4.69) is 10.6 Å². The van der Waals surface area contributed by atoms with Crippen LogP contribution in [0.2, 0.25) is 0 Å². The molecule has 0 aromatic carbocycles. The molecule has 0 radical (unpaired) electrons. The molecule has 1 saturated carbocycles. The monoisotopic (exact) mass is 373 g/mol. The van der Waals surface area contributed by atoms with Crippen molar-refractivity contribution in [2.75, 3.05) is 38.6 Å². The molecule has 0 unspecified atom stereocenters. The summed E-state index contributed by atoms with van der Waals surface area (Å²) in [6, 6.07) is 2.06. The predicted molar refractivity (Wildman–Crippen MR) is 106 cm³/mol. The number of amides is 3. The zero-order chi connectivity index (χ0) is 19.6. The molecule has 7 heteroatoms. The van der Waals surface area contributed by atoms with E-state index in [0.29, 0.717) is 43.2 Å². The first kappa shape index (κ1) is 19.5. The van der Waals surface area contributed by atoms with E-state index in [0.717, 1.165) is 17.8 Å². The highest BCUT2D eigenvalue weighted by Crippen LogP contribution is 2.28. The van der Waals surface area contributed by atoms with Crippen LogP contribution in [0.25, 0.3) is 0 Å². The van der Waals surface area contributed by atoms with Crippen LogP contribution >= 0.6 is 0 Å². The molecule has 27 heavy (non-hydrogen) atoms. The Kier molecular flexibility index (Phi) is 5.87. The predicted octanol–water partition coefficient (Wildman–Crippen LogP) is 1.81. The molecule has 1 aliphatic heterocycles. The van der Waals surface area contributed by atoms with Crippen molar-refractivity contribution in [3.05, 3.63) is 22.9 Å². The van der Waals surface area contributed by atoms with E-state index < -0.39 is 0 Å². The number of hydrogen-bond donors (Lipinski definition) is 2. The van der Waals surface area contributed by atoms with Gasteiger partial charge >= 0.3 is 6.03 Å². The Bertz CT molecular complexity index is 713. The molecule has 7 nitrogen and oxygen atoms in total. The fourth-order valence-electron chi connectivity index (χ4n) is 3.33. The van der Waals surface area contributed by atoms with Gasteiger partial charge in [-0.15, -0.1) is 0 Å². The molecule has 0 saturated heterocycles. The number of carbonyl (C=O) groups is 2. The lowest BCUT2D eigenvalue weighted by Crippen LogP contribution is -2.44. The Labute approximate surface area is 161 Å². The summed E-state index contributed by atoms with van der Waals surface area (Å²) in [5.41, 5.74) is 2.67. The Morgan fingerprint density at radius 1 is 1.26 bits per heavy atom. The highest BCUT2D eigenvalue weighted by molar-refractivity contribution is 5.99. The van der Waals surface area contributed by atoms with E-state index in [1.165, 1.54) is 12.8 Å². The van der Waals surface area contributed by atoms with E-state index in [1.807, 2.05) is 43.8 Å². The number of anilines is 1. The van der Waals surface area contributed by atoms with Crippen molar-refractivity contribution in [3.63, 3.8) is 0 Å². The van der Waals surface area contributed by atoms with Gasteiger partial charge < -0.3 is 20.4 Å². The fourth-order valence-corrected chi connectivity index (χ4v) is 3.33. The number of nitrogens with zero attached hydrogens (tertiary/aromatic N) is 3. The maximum absolute atomic E-state index is 12.7. The standard InChI is InChI=1S/C20H31N5O2/c1-13(2)22-20(27)25-9-7-15-11-16(19(26)21-12-14-5-6-14)18(24(3)4)23-17(15)8-10-25/h11,13-14H,5-10,12H2,1-4H3,(H,21,26)(H,22,27). The molecule has 0 spiro atoms. The Hall–Kier alpha value is -2.31. The molecule has 2 aliphatic rings. The Morgan fingerprint density at radius 2 is 1.96 bits per heavy atom. The van der Waals surface area contributed by atoms with Crippen LogP contribution in [-0.2, 0) is 12.8 Å². The second-order valence-corrected chi connectivity index (χ2v) is 8.10. The zero-order valence-electron chi connectivity index (χ0n) is 16.8. The van der Waals surface area contributed by atoms with Crippen LogP contribution in [0.4, 0.5) is 10.6 Å². The highest BCUT2D eigenvalue weighted by Gasteiger charge is 2.26. The van der Waals surface area contributed by atoms with Gasteiger partial charge in [-0.1, -0.05) is 0 Å². The summed E-state index contributed by atoms with van der Waals surface area (Å²) in [4.78, 5) is 33.6. The maximum Gasteiger partial charge on any atom is 0.317 e. The van der Waals surface area contributed by atoms with Gasteiger partial charge in [-0.3, -0.25) is 4.79 Å². The largest absolute Gasteiger partial charge is 0.362 e. The summed E-state index contributed by atoms with van der Waals surface area (Å²) in [6.45, 7) is 5.94. The molecule has 2 N–H and O–H groups in total. The van der Waals surface area contributed by atoms with Crippen LogP contribution in [0.5, 0.6) is 0 Å². The van der Waals surface area contributed by atoms with Crippen molar-refractivity contribution in [1.82, 2.24) is 20.5 Å². The number of carbonyl (C=O) groups excluding carboxylic acids is 2. The molecule has 1 aliphatic carbocycles. The number of urea groups is 1. The van der Waals surface area contributed by atoms with Gasteiger partial charge in [0.1, 0.15) is 5.82 Å². The number of rotatable bonds is 5. The average molecular weight is 374 g/mol. The first-order chi connectivity index (χ1) is 12.8. The topological polar surface area (TPSA) is 77.6 Å². The normalized spacial score (nSPS) is 16.6. The Balaban J connectivity index is 1.78. The summed E-state index contributed by atoms with van der Waals surface area (Å²) >= 11 is 0. The third kappa shape index (κ3) is 4.90. The smallest absolute Gasteiger partial charge is 0.317 e. The number of aromatic nitrogens is 1. The molecule has 1 aromatic heterocycles. The van der Waals surface area contributed by atoms with Crippen molar-refractivity contribution < 1.29 is 9.59 Å². The number of nitrogens with one attached hydrogen (secondary N) is 2. The molecule has 3 rings (SSSR count). The zero-order valence-corrected chi connectivity index (χ0v) is 16.8. The molecule has 148 valence electrons. The van der Waals surface area contributed by atoms with E-state index in [9.17, 15) is 9.59 Å². The maximum atomic E-state index is 12.7. The third-order valence-electron chi connectivity index (χ3n) is 5.06. The number of hydrogen-bond acceptors (Lipinski definition) is 4. The van der Waals surface area contributed by atoms with Gasteiger partial charge in [-0.25, -0.2) is 9.78 Å². The lowest BCUT2D eigenvalue weighted by Gasteiger charge is -2.22. The minimum absolute atomic E-state index is 0.0342. The van der Waals surface area contributed by atoms with Gasteiger partial charge in [0.2, 0.25) is 0 Å². The first-order valence-electron chi connectivity index (χ1n) is 9.89. The second kappa shape index (κ2) is 8.15. The van der Waals surface area contributed by atoms with E-state index in [-0.39, 0.29) is 18.0 Å². The van der Waals surface area contributed by atoms with Crippen LogP contribution in [0.1, 0.15) is 48.3 Å². The quantitative estimate of drug-likeness (QED) is 0.825. The number of pyridine rings is 1. The molecule has 0 atom stereocenters. The van der Waals surface area contributed by atoms with Crippen molar-refractivity contribution >= 4 is 17.8 Å². The molecule has 1 aromatic rings. The Morgan fingerprint density at radius 3 is 2.59 bits per heavy atom. The van der Waals surface area contributed by atoms with Crippen molar-refractivity contribution in [3.8, 4) is 0 Å². The minimum Gasteiger partial charge on any atom is -0.362 e. The van der Waals surface area contributed by atoms with E-state index >= 15 is 0 Å². The molecular formula is C20H31N5O2. The van der Waals surface area contributed by atoms with E-state index in [4.69, 9.17) is 4.98 Å². The van der Waals surface area contributed by atoms with Crippen LogP contribution in [0.3, 0.4) is 0 Å². The fraction of sp³-hybridized carbons (Fsp3) is 0.650. The minimum atomic E-state index is -0.0560. The number of fused-ring (bicyclic) bond motifs is 1. The SMILES string of the molecule is CC(C)NC(=O)N1CCc2cc(C(=O)NCC3CC3)c(N(C)C)nc2CC1. The molecular weight excluding hydrogens is 342 g/mol. The summed E-state index contributed by atoms with van der Waals surface area (Å²) < 4.78 is 0. The highest BCUT2D eigenvalue weighted by atomic mass is 16.2. The van der Waals surface area contributed by atoms with Crippen LogP contribution in [0, 0.1) is 5.92 Å². The lowest BCUT2D eigenvalue weighted by molar-refractivity contribution is 0.0952. The van der Waals surface area contributed by atoms with Gasteiger partial charge in [-0.2, -0.15) is 0 Å². The van der Waals surface area contributed by atoms with Gasteiger partial charge in [0.25, 0.3) is 5.91 Å². The molecule has 2 heterocycles. The molecule has 3 amide bonds. The van der Waals surface area contributed by atoms with Gasteiger partial charge in [0, 0.05) is 51.9 Å². The van der Waals surface area contributed by atoms with Crippen LogP contribution in [0.15, 0.2) is 6.07 Å². The summed E-state index contributed by atoms with van der Waals surface area (Å²) in [6.07, 6.45) is 3.82. The second-order valence-electron chi connectivity index (χ2n) is 8.10. The van der Waals surface area contributed by atoms with Crippen LogP contribution in [-0.4, -0.2) is 61.6 Å². The van der Waals surface area contributed by atoms with Gasteiger partial charge in [-0.05, 0) is 50.7 Å². The van der Waals surface area contributed by atoms with Crippen molar-refractivity contribution in [2.24, 2.45) is 5.92 Å². The molecule has 0 bridgehead atoms. The first-order valence-corrected chi connectivity index (χ1v) is 9.89. The summed E-state index contributed by atoms with van der Waals surface area (Å²) in [5, 5.41) is 6.00. The summed E-state index contributed by atoms with van der Waals surface area (Å²) in [5.74, 6) is 1.28. The van der Waals surface area contributed by atoms with Crippen LogP contribution < -0.4 is 15.5 Å². The van der Waals surface area contributed by atoms with Crippen molar-refractivity contribution in [2.45, 2.75) is 45.6 Å². The van der Waals surface area contributed by atoms with Gasteiger partial charge in [0.15, 0.2) is 0 Å². The van der Waals surface area contributed by atoms with E-state index in [1.54, 1.807) is 0 Å².